The van der Waals surface area contributed by atoms with Crippen LogP contribution in [0.15, 0.2) is 30.3 Å². The van der Waals surface area contributed by atoms with E-state index in [2.05, 4.69) is 54.6 Å². The van der Waals surface area contributed by atoms with Gasteiger partial charge in [0.1, 0.15) is 0 Å². The molecule has 2 nitrogen and oxygen atoms in total. The summed E-state index contributed by atoms with van der Waals surface area (Å²) in [5.41, 5.74) is 1.41. The molecule has 1 saturated carbocycles. The van der Waals surface area contributed by atoms with Gasteiger partial charge in [0.25, 0.3) is 0 Å². The van der Waals surface area contributed by atoms with Crippen molar-refractivity contribution in [3.05, 3.63) is 35.9 Å². The summed E-state index contributed by atoms with van der Waals surface area (Å²) < 4.78 is 0. The number of hydrogen-bond acceptors (Lipinski definition) is 2. The smallest absolute Gasteiger partial charge is 0.0230 e. The molecule has 0 bridgehead atoms. The highest BCUT2D eigenvalue weighted by atomic mass is 15.1. The van der Waals surface area contributed by atoms with Gasteiger partial charge in [-0.2, -0.15) is 0 Å². The molecule has 18 heavy (non-hydrogen) atoms. The van der Waals surface area contributed by atoms with E-state index >= 15 is 0 Å². The van der Waals surface area contributed by atoms with Crippen LogP contribution in [-0.4, -0.2) is 31.6 Å². The van der Waals surface area contributed by atoms with E-state index in [0.29, 0.717) is 0 Å². The fourth-order valence-electron chi connectivity index (χ4n) is 3.17. The first kappa shape index (κ1) is 13.6. The van der Waals surface area contributed by atoms with Crippen molar-refractivity contribution in [3.8, 4) is 0 Å². The Morgan fingerprint density at radius 2 is 1.89 bits per heavy atom. The Morgan fingerprint density at radius 3 is 2.61 bits per heavy atom. The summed E-state index contributed by atoms with van der Waals surface area (Å²) in [5.74, 6) is 0.817. The van der Waals surface area contributed by atoms with Crippen molar-refractivity contribution in [3.63, 3.8) is 0 Å². The predicted molar refractivity (Wildman–Crippen MR) is 77.6 cm³/mol. The molecule has 0 spiro atoms. The van der Waals surface area contributed by atoms with Gasteiger partial charge < -0.3 is 10.2 Å². The quantitative estimate of drug-likeness (QED) is 0.859. The Bertz CT molecular complexity index is 336. The van der Waals surface area contributed by atoms with Crippen LogP contribution in [0.3, 0.4) is 0 Å². The van der Waals surface area contributed by atoms with Crippen LogP contribution in [0.25, 0.3) is 0 Å². The normalized spacial score (nSPS) is 24.4. The average Bonchev–Trinajstić information content (AvgIpc) is 2.40. The van der Waals surface area contributed by atoms with E-state index in [9.17, 15) is 0 Å². The van der Waals surface area contributed by atoms with Crippen molar-refractivity contribution in [2.75, 3.05) is 20.6 Å². The molecular formula is C16H26N2. The molecule has 1 aromatic rings. The molecule has 1 aliphatic carbocycles. The highest BCUT2D eigenvalue weighted by molar-refractivity contribution is 5.14. The number of nitrogens with one attached hydrogen (secondary N) is 1. The maximum Gasteiger partial charge on any atom is 0.0230 e. The molecule has 2 unspecified atom stereocenters. The first-order valence-corrected chi connectivity index (χ1v) is 7.19. The third-order valence-corrected chi connectivity index (χ3v) is 4.12. The molecular weight excluding hydrogens is 220 g/mol. The van der Waals surface area contributed by atoms with Gasteiger partial charge in [-0.3, -0.25) is 0 Å². The highest BCUT2D eigenvalue weighted by Crippen LogP contribution is 2.25. The molecule has 0 aliphatic heterocycles. The molecule has 0 amide bonds. The molecule has 1 aromatic carbocycles. The molecule has 2 heteroatoms. The second kappa shape index (κ2) is 6.91. The number of benzene rings is 1. The van der Waals surface area contributed by atoms with E-state index in [-0.39, 0.29) is 0 Å². The molecule has 100 valence electrons. The Balaban J connectivity index is 1.84. The molecule has 2 atom stereocenters. The summed E-state index contributed by atoms with van der Waals surface area (Å²) in [6, 6.07) is 11.5. The third kappa shape index (κ3) is 3.82. The average molecular weight is 246 g/mol. The lowest BCUT2D eigenvalue weighted by molar-refractivity contribution is 0.190. The van der Waals surface area contributed by atoms with Crippen LogP contribution >= 0.6 is 0 Å². The maximum absolute atomic E-state index is 3.50. The summed E-state index contributed by atoms with van der Waals surface area (Å²) in [5, 5.41) is 3.50. The van der Waals surface area contributed by atoms with Gasteiger partial charge in [0, 0.05) is 19.1 Å². The molecule has 0 heterocycles. The predicted octanol–water partition coefficient (Wildman–Crippen LogP) is 2.90. The van der Waals surface area contributed by atoms with E-state index in [1.807, 2.05) is 0 Å². The molecule has 0 radical (unpaired) electrons. The first-order chi connectivity index (χ1) is 8.79. The van der Waals surface area contributed by atoms with Crippen molar-refractivity contribution in [2.24, 2.45) is 5.92 Å². The van der Waals surface area contributed by atoms with Gasteiger partial charge in [0.05, 0.1) is 0 Å². The monoisotopic (exact) mass is 246 g/mol. The molecule has 1 N–H and O–H groups in total. The molecule has 2 rings (SSSR count). The molecule has 1 aliphatic rings. The largest absolute Gasteiger partial charge is 0.317 e. The van der Waals surface area contributed by atoms with Crippen LogP contribution in [0.2, 0.25) is 0 Å². The zero-order valence-electron chi connectivity index (χ0n) is 11.7. The van der Waals surface area contributed by atoms with Crippen LogP contribution < -0.4 is 5.32 Å². The highest BCUT2D eigenvalue weighted by Gasteiger charge is 2.24. The number of nitrogens with zero attached hydrogens (tertiary/aromatic N) is 1. The number of rotatable bonds is 5. The molecule has 0 aromatic heterocycles. The van der Waals surface area contributed by atoms with E-state index in [1.165, 1.54) is 37.8 Å². The van der Waals surface area contributed by atoms with Crippen LogP contribution in [0.4, 0.5) is 0 Å². The third-order valence-electron chi connectivity index (χ3n) is 4.12. The standard InChI is InChI=1S/C16H26N2/c1-17-16-11-7-6-10-15(16)13-18(2)12-14-8-4-3-5-9-14/h3-5,8-9,15-17H,6-7,10-13H2,1-2H3. The topological polar surface area (TPSA) is 15.3 Å². The zero-order valence-corrected chi connectivity index (χ0v) is 11.7. The van der Waals surface area contributed by atoms with Crippen molar-refractivity contribution in [1.29, 1.82) is 0 Å². The van der Waals surface area contributed by atoms with Gasteiger partial charge >= 0.3 is 0 Å². The fraction of sp³-hybridized carbons (Fsp3) is 0.625. The van der Waals surface area contributed by atoms with Crippen molar-refractivity contribution >= 4 is 0 Å². The fourth-order valence-corrected chi connectivity index (χ4v) is 3.17. The van der Waals surface area contributed by atoms with E-state index in [4.69, 9.17) is 0 Å². The summed E-state index contributed by atoms with van der Waals surface area (Å²) in [4.78, 5) is 2.47. The Morgan fingerprint density at radius 1 is 1.17 bits per heavy atom. The lowest BCUT2D eigenvalue weighted by Gasteiger charge is -2.34. The van der Waals surface area contributed by atoms with Crippen LogP contribution in [0, 0.1) is 5.92 Å². The van der Waals surface area contributed by atoms with Gasteiger partial charge in [-0.15, -0.1) is 0 Å². The lowest BCUT2D eigenvalue weighted by atomic mass is 9.84. The summed E-state index contributed by atoms with van der Waals surface area (Å²) in [7, 11) is 4.36. The lowest BCUT2D eigenvalue weighted by Crippen LogP contribution is -2.41. The summed E-state index contributed by atoms with van der Waals surface area (Å²) in [6.45, 7) is 2.27. The van der Waals surface area contributed by atoms with Crippen molar-refractivity contribution < 1.29 is 0 Å². The summed E-state index contributed by atoms with van der Waals surface area (Å²) >= 11 is 0. The van der Waals surface area contributed by atoms with Gasteiger partial charge in [-0.1, -0.05) is 43.2 Å². The van der Waals surface area contributed by atoms with Crippen LogP contribution in [-0.2, 0) is 6.54 Å². The number of hydrogen-bond donors (Lipinski definition) is 1. The SMILES string of the molecule is CNC1CCCCC1CN(C)Cc1ccccc1. The second-order valence-corrected chi connectivity index (χ2v) is 5.62. The van der Waals surface area contributed by atoms with E-state index in [1.54, 1.807) is 0 Å². The van der Waals surface area contributed by atoms with E-state index in [0.717, 1.165) is 18.5 Å². The molecule has 0 saturated heterocycles. The minimum Gasteiger partial charge on any atom is -0.317 e. The Hall–Kier alpha value is -0.860. The van der Waals surface area contributed by atoms with Crippen molar-refractivity contribution in [2.45, 2.75) is 38.3 Å². The van der Waals surface area contributed by atoms with Crippen LogP contribution in [0.1, 0.15) is 31.2 Å². The Labute approximate surface area is 111 Å². The Kier molecular flexibility index (Phi) is 5.21. The molecule has 1 fully saturated rings. The maximum atomic E-state index is 3.50. The zero-order chi connectivity index (χ0) is 12.8. The second-order valence-electron chi connectivity index (χ2n) is 5.62. The van der Waals surface area contributed by atoms with E-state index < -0.39 is 0 Å². The minimum absolute atomic E-state index is 0.719. The minimum atomic E-state index is 0.719. The van der Waals surface area contributed by atoms with Crippen LogP contribution in [0.5, 0.6) is 0 Å². The van der Waals surface area contributed by atoms with Gasteiger partial charge in [0.15, 0.2) is 0 Å². The summed E-state index contributed by atoms with van der Waals surface area (Å²) in [6.07, 6.45) is 5.53. The van der Waals surface area contributed by atoms with Crippen molar-refractivity contribution in [1.82, 2.24) is 10.2 Å². The first-order valence-electron chi connectivity index (χ1n) is 7.19. The van der Waals surface area contributed by atoms with Gasteiger partial charge in [-0.05, 0) is 38.4 Å². The van der Waals surface area contributed by atoms with Gasteiger partial charge in [0.2, 0.25) is 0 Å². The van der Waals surface area contributed by atoms with Gasteiger partial charge in [-0.25, -0.2) is 0 Å².